The number of pyridine rings is 2. The van der Waals surface area contributed by atoms with Gasteiger partial charge in [0.15, 0.2) is 11.5 Å². The third-order valence-electron chi connectivity index (χ3n) is 5.46. The molecule has 1 aliphatic rings. The Labute approximate surface area is 201 Å². The van der Waals surface area contributed by atoms with E-state index in [1.807, 2.05) is 55.7 Å². The smallest absolute Gasteiger partial charge is 0.434 e. The second-order valence-electron chi connectivity index (χ2n) is 9.06. The van der Waals surface area contributed by atoms with Gasteiger partial charge in [0.05, 0.1) is 11.3 Å². The lowest BCUT2D eigenvalue weighted by Gasteiger charge is -2.17. The van der Waals surface area contributed by atoms with E-state index in [1.165, 1.54) is 0 Å². The van der Waals surface area contributed by atoms with Crippen LogP contribution < -0.4 is 5.73 Å². The molecule has 5 rings (SSSR count). The van der Waals surface area contributed by atoms with Gasteiger partial charge in [-0.2, -0.15) is 4.99 Å². The van der Waals surface area contributed by atoms with E-state index < -0.39 is 11.7 Å². The fourth-order valence-electron chi connectivity index (χ4n) is 4.07. The average molecular weight is 475 g/mol. The van der Waals surface area contributed by atoms with E-state index in [9.17, 15) is 4.79 Å². The van der Waals surface area contributed by atoms with Gasteiger partial charge >= 0.3 is 6.09 Å². The summed E-state index contributed by atoms with van der Waals surface area (Å²) in [6.07, 6.45) is 2.49. The Hall–Kier alpha value is -3.78. The fourth-order valence-corrected chi connectivity index (χ4v) is 4.22. The Morgan fingerprint density at radius 1 is 1.12 bits per heavy atom. The first kappa shape index (κ1) is 22.0. The Kier molecular flexibility index (Phi) is 5.32. The predicted molar refractivity (Wildman–Crippen MR) is 133 cm³/mol. The summed E-state index contributed by atoms with van der Waals surface area (Å²) in [7, 11) is 0. The molecular weight excluding hydrogens is 452 g/mol. The van der Waals surface area contributed by atoms with Crippen LogP contribution in [0.3, 0.4) is 0 Å². The standard InChI is InChI=1S/C25H23ClN6O2/c1-25(2,3)34-24(33)30-18-9-6-14-13-15(7-8-16(14)18)32-22(17-5-4-12-28-21(17)27)29-19-10-11-20(26)31-23(19)32/h4-5,7-8,10-13H,6,9H2,1-3H3,(H2,27,28)/b30-18-. The van der Waals surface area contributed by atoms with Crippen LogP contribution in [-0.2, 0) is 11.2 Å². The first-order valence-electron chi connectivity index (χ1n) is 10.9. The lowest BCUT2D eigenvalue weighted by molar-refractivity contribution is 0.0604. The van der Waals surface area contributed by atoms with Crippen LogP contribution >= 0.6 is 11.6 Å². The van der Waals surface area contributed by atoms with Gasteiger partial charge < -0.3 is 10.5 Å². The number of carbonyl (C=O) groups excluding carboxylic acids is 1. The van der Waals surface area contributed by atoms with Gasteiger partial charge in [-0.3, -0.25) is 4.57 Å². The number of rotatable bonds is 2. The van der Waals surface area contributed by atoms with Crippen molar-refractivity contribution in [2.45, 2.75) is 39.2 Å². The number of aromatic nitrogens is 4. The number of carbonyl (C=O) groups is 1. The van der Waals surface area contributed by atoms with Gasteiger partial charge in [-0.25, -0.2) is 19.7 Å². The molecule has 8 nitrogen and oxygen atoms in total. The highest BCUT2D eigenvalue weighted by Gasteiger charge is 2.24. The molecule has 3 aromatic heterocycles. The summed E-state index contributed by atoms with van der Waals surface area (Å²) >= 11 is 6.22. The maximum atomic E-state index is 12.2. The van der Waals surface area contributed by atoms with Crippen LogP contribution in [0.5, 0.6) is 0 Å². The second kappa shape index (κ2) is 8.22. The highest BCUT2D eigenvalue weighted by molar-refractivity contribution is 6.29. The van der Waals surface area contributed by atoms with E-state index in [0.29, 0.717) is 39.9 Å². The van der Waals surface area contributed by atoms with Crippen molar-refractivity contribution < 1.29 is 9.53 Å². The van der Waals surface area contributed by atoms with Crippen molar-refractivity contribution in [3.8, 4) is 17.1 Å². The number of benzene rings is 1. The number of fused-ring (bicyclic) bond motifs is 2. The number of halogens is 1. The number of aryl methyl sites for hydroxylation is 1. The molecule has 0 saturated carbocycles. The summed E-state index contributed by atoms with van der Waals surface area (Å²) in [4.78, 5) is 30.0. The number of ether oxygens (including phenoxy) is 1. The van der Waals surface area contributed by atoms with Crippen molar-refractivity contribution >= 4 is 40.4 Å². The maximum Gasteiger partial charge on any atom is 0.434 e. The zero-order valence-corrected chi connectivity index (χ0v) is 19.8. The van der Waals surface area contributed by atoms with Crippen molar-refractivity contribution in [2.75, 3.05) is 5.73 Å². The fraction of sp³-hybridized carbons (Fsp3) is 0.240. The monoisotopic (exact) mass is 474 g/mol. The second-order valence-corrected chi connectivity index (χ2v) is 9.45. The SMILES string of the molecule is CC(C)(C)OC(=O)/N=C1/CCc2cc(-n3c(-c4cccnc4N)nc4ccc(Cl)nc43)ccc21. The van der Waals surface area contributed by atoms with E-state index in [2.05, 4.69) is 21.0 Å². The highest BCUT2D eigenvalue weighted by Crippen LogP contribution is 2.33. The molecule has 172 valence electrons. The molecule has 3 heterocycles. The minimum atomic E-state index is -0.590. The number of anilines is 1. The van der Waals surface area contributed by atoms with Crippen LogP contribution in [0.25, 0.3) is 28.2 Å². The summed E-state index contributed by atoms with van der Waals surface area (Å²) in [6.45, 7) is 5.47. The zero-order valence-electron chi connectivity index (χ0n) is 19.0. The predicted octanol–water partition coefficient (Wildman–Crippen LogP) is 5.39. The van der Waals surface area contributed by atoms with E-state index in [-0.39, 0.29) is 0 Å². The molecule has 0 radical (unpaired) electrons. The number of amides is 1. The minimum absolute atomic E-state index is 0.368. The van der Waals surface area contributed by atoms with Gasteiger partial charge in [-0.05, 0) is 81.1 Å². The van der Waals surface area contributed by atoms with Gasteiger partial charge in [0, 0.05) is 11.9 Å². The van der Waals surface area contributed by atoms with Crippen molar-refractivity contribution in [2.24, 2.45) is 4.99 Å². The van der Waals surface area contributed by atoms with Crippen molar-refractivity contribution in [3.63, 3.8) is 0 Å². The molecule has 0 atom stereocenters. The van der Waals surface area contributed by atoms with Gasteiger partial charge in [0.2, 0.25) is 0 Å². The number of nitrogen functional groups attached to an aromatic ring is 1. The van der Waals surface area contributed by atoms with Crippen molar-refractivity contribution in [3.05, 3.63) is 64.9 Å². The van der Waals surface area contributed by atoms with Crippen molar-refractivity contribution in [1.29, 1.82) is 0 Å². The lowest BCUT2D eigenvalue weighted by atomic mass is 10.1. The topological polar surface area (TPSA) is 108 Å². The van der Waals surface area contributed by atoms with Crippen LogP contribution in [0.15, 0.2) is 53.7 Å². The molecule has 34 heavy (non-hydrogen) atoms. The Balaban J connectivity index is 1.62. The molecule has 0 aliphatic heterocycles. The summed E-state index contributed by atoms with van der Waals surface area (Å²) in [5, 5.41) is 0.368. The summed E-state index contributed by atoms with van der Waals surface area (Å²) in [5.41, 5.74) is 11.2. The van der Waals surface area contributed by atoms with Crippen LogP contribution in [0.2, 0.25) is 5.15 Å². The number of hydrogen-bond donors (Lipinski definition) is 1. The number of nitrogens with zero attached hydrogens (tertiary/aromatic N) is 5. The van der Waals surface area contributed by atoms with Gasteiger partial charge in [-0.1, -0.05) is 17.7 Å². The number of aliphatic imine (C=N–C) groups is 1. The molecule has 1 aromatic carbocycles. The normalized spacial score (nSPS) is 14.5. The van der Waals surface area contributed by atoms with Crippen molar-refractivity contribution in [1.82, 2.24) is 19.5 Å². The molecule has 0 fully saturated rings. The number of hydrogen-bond acceptors (Lipinski definition) is 6. The molecule has 9 heteroatoms. The van der Waals surface area contributed by atoms with E-state index in [4.69, 9.17) is 27.1 Å². The largest absolute Gasteiger partial charge is 0.442 e. The lowest BCUT2D eigenvalue weighted by Crippen LogP contribution is -2.22. The third-order valence-corrected chi connectivity index (χ3v) is 5.67. The molecule has 2 N–H and O–H groups in total. The van der Waals surface area contributed by atoms with E-state index in [1.54, 1.807) is 12.3 Å². The Bertz CT molecular complexity index is 1470. The molecule has 1 amide bonds. The molecule has 0 spiro atoms. The summed E-state index contributed by atoms with van der Waals surface area (Å²) in [6, 6.07) is 13.2. The van der Waals surface area contributed by atoms with Gasteiger partial charge in [-0.15, -0.1) is 0 Å². The van der Waals surface area contributed by atoms with Gasteiger partial charge in [0.1, 0.15) is 22.1 Å². The average Bonchev–Trinajstić information content (AvgIpc) is 3.33. The molecular formula is C25H23ClN6O2. The van der Waals surface area contributed by atoms with Gasteiger partial charge in [0.25, 0.3) is 0 Å². The van der Waals surface area contributed by atoms with Crippen LogP contribution in [0.4, 0.5) is 10.6 Å². The summed E-state index contributed by atoms with van der Waals surface area (Å²) < 4.78 is 7.28. The van der Waals surface area contributed by atoms with Crippen LogP contribution in [0, 0.1) is 0 Å². The molecule has 0 bridgehead atoms. The first-order chi connectivity index (χ1) is 16.2. The van der Waals surface area contributed by atoms with E-state index in [0.717, 1.165) is 28.9 Å². The zero-order chi connectivity index (χ0) is 24.0. The Morgan fingerprint density at radius 3 is 2.71 bits per heavy atom. The number of nitrogens with two attached hydrogens (primary N) is 1. The first-order valence-corrected chi connectivity index (χ1v) is 11.3. The third kappa shape index (κ3) is 4.12. The van der Waals surface area contributed by atoms with Crippen LogP contribution in [-0.4, -0.2) is 36.9 Å². The minimum Gasteiger partial charge on any atom is -0.442 e. The quantitative estimate of drug-likeness (QED) is 0.390. The summed E-state index contributed by atoms with van der Waals surface area (Å²) in [5.74, 6) is 0.994. The van der Waals surface area contributed by atoms with Crippen LogP contribution in [0.1, 0.15) is 38.3 Å². The molecule has 1 aliphatic carbocycles. The Morgan fingerprint density at radius 2 is 1.94 bits per heavy atom. The molecule has 0 unspecified atom stereocenters. The highest BCUT2D eigenvalue weighted by atomic mass is 35.5. The molecule has 4 aromatic rings. The number of imidazole rings is 1. The maximum absolute atomic E-state index is 12.2. The molecule has 0 saturated heterocycles. The van der Waals surface area contributed by atoms with E-state index >= 15 is 0 Å².